The summed E-state index contributed by atoms with van der Waals surface area (Å²) in [6.45, 7) is 2.55. The maximum atomic E-state index is 10.9. The van der Waals surface area contributed by atoms with E-state index in [1.165, 1.54) is 26.0 Å². The lowest BCUT2D eigenvalue weighted by Crippen LogP contribution is -2.41. The summed E-state index contributed by atoms with van der Waals surface area (Å²) in [5, 5.41) is 41.3. The third-order valence-corrected chi connectivity index (χ3v) is 5.98. The Hall–Kier alpha value is -2.66. The summed E-state index contributed by atoms with van der Waals surface area (Å²) in [7, 11) is 0. The molecule has 0 unspecified atom stereocenters. The molecule has 8 N–H and O–H groups in total. The van der Waals surface area contributed by atoms with Gasteiger partial charge in [0, 0.05) is 26.7 Å². The molecule has 192 valence electrons. The Morgan fingerprint density at radius 1 is 0.743 bits per heavy atom. The first-order valence-corrected chi connectivity index (χ1v) is 11.9. The smallest absolute Gasteiger partial charge is 0.326 e. The molecule has 2 aromatic carbocycles. The van der Waals surface area contributed by atoms with Gasteiger partial charge < -0.3 is 36.5 Å². The lowest BCUT2D eigenvalue weighted by molar-refractivity contribution is -0.141. The van der Waals surface area contributed by atoms with Crippen molar-refractivity contribution >= 4 is 68.9 Å². The van der Waals surface area contributed by atoms with Crippen molar-refractivity contribution in [2.75, 3.05) is 0 Å². The number of hydrogen-bond donors (Lipinski definition) is 6. The van der Waals surface area contributed by atoms with Crippen LogP contribution in [0.5, 0.6) is 11.5 Å². The highest BCUT2D eigenvalue weighted by atomic mass is 127. The molecule has 2 atom stereocenters. The number of phenolic OH excluding ortho intramolecular Hbond substituents is 2. The number of benzene rings is 2. The van der Waals surface area contributed by atoms with Crippen molar-refractivity contribution in [3.8, 4) is 11.5 Å². The van der Waals surface area contributed by atoms with Crippen LogP contribution in [0.3, 0.4) is 0 Å². The molecule has 2 aromatic rings. The van der Waals surface area contributed by atoms with Crippen LogP contribution in [-0.4, -0.2) is 61.7 Å². The van der Waals surface area contributed by atoms with Gasteiger partial charge in [-0.25, -0.2) is 9.59 Å². The van der Waals surface area contributed by atoms with Crippen LogP contribution in [-0.2, 0) is 32.0 Å². The van der Waals surface area contributed by atoms with Crippen LogP contribution in [0.4, 0.5) is 0 Å². The largest absolute Gasteiger partial charge is 0.507 e. The van der Waals surface area contributed by atoms with Crippen molar-refractivity contribution in [1.29, 1.82) is 0 Å². The molecule has 2 rings (SSSR count). The Morgan fingerprint density at radius 3 is 1.29 bits per heavy atom. The lowest BCUT2D eigenvalue weighted by Gasteiger charge is -2.13. The van der Waals surface area contributed by atoms with Gasteiger partial charge in [-0.3, -0.25) is 9.59 Å². The summed E-state index contributed by atoms with van der Waals surface area (Å²) in [5.74, 6) is -2.62. The molecule has 0 aliphatic carbocycles. The molecule has 0 fully saturated rings. The lowest BCUT2D eigenvalue weighted by atomic mass is 10.1. The summed E-state index contributed by atoms with van der Waals surface area (Å²) < 4.78 is 1.29. The quantitative estimate of drug-likeness (QED) is 0.220. The first-order chi connectivity index (χ1) is 15.8. The number of carboxylic acid groups (broad SMARTS) is 2. The zero-order valence-corrected chi connectivity index (χ0v) is 23.0. The van der Waals surface area contributed by atoms with E-state index in [1.54, 1.807) is 24.3 Å². The second kappa shape index (κ2) is 15.4. The van der Waals surface area contributed by atoms with E-state index >= 15 is 0 Å². The molecule has 0 saturated carbocycles. The molecule has 0 spiro atoms. The first-order valence-electron chi connectivity index (χ1n) is 9.74. The third-order valence-electron chi connectivity index (χ3n) is 4.26. The van der Waals surface area contributed by atoms with Crippen LogP contribution in [0.25, 0.3) is 0 Å². The molecule has 0 aliphatic heterocycles. The van der Waals surface area contributed by atoms with E-state index in [1.807, 2.05) is 45.2 Å². The molecule has 11 nitrogen and oxygen atoms in total. The van der Waals surface area contributed by atoms with Crippen LogP contribution in [0.15, 0.2) is 36.4 Å². The van der Waals surface area contributed by atoms with Crippen LogP contribution in [0, 0.1) is 7.14 Å². The molecule has 2 amide bonds. The van der Waals surface area contributed by atoms with Gasteiger partial charge in [-0.05, 0) is 80.6 Å². The van der Waals surface area contributed by atoms with Gasteiger partial charge in [0.15, 0.2) is 0 Å². The third kappa shape index (κ3) is 12.0. The molecule has 0 heterocycles. The van der Waals surface area contributed by atoms with Gasteiger partial charge in [-0.15, -0.1) is 0 Å². The average molecular weight is 716 g/mol. The normalized spacial score (nSPS) is 11.5. The van der Waals surface area contributed by atoms with Gasteiger partial charge in [0.2, 0.25) is 11.8 Å². The van der Waals surface area contributed by atoms with Crippen molar-refractivity contribution in [1.82, 2.24) is 10.6 Å². The van der Waals surface area contributed by atoms with Gasteiger partial charge in [0.1, 0.15) is 23.6 Å². The molecular formula is C22H26I2N2O9. The van der Waals surface area contributed by atoms with Gasteiger partial charge in [-0.1, -0.05) is 12.1 Å². The number of halogens is 2. The monoisotopic (exact) mass is 716 g/mol. The van der Waals surface area contributed by atoms with Crippen molar-refractivity contribution < 1.29 is 45.1 Å². The fourth-order valence-electron chi connectivity index (χ4n) is 2.72. The number of carbonyl (C=O) groups is 4. The van der Waals surface area contributed by atoms with E-state index in [0.29, 0.717) is 7.14 Å². The molecule has 0 saturated heterocycles. The van der Waals surface area contributed by atoms with Gasteiger partial charge in [-0.2, -0.15) is 0 Å². The Morgan fingerprint density at radius 2 is 1.06 bits per heavy atom. The highest BCUT2D eigenvalue weighted by Gasteiger charge is 2.20. The molecular weight excluding hydrogens is 690 g/mol. The minimum atomic E-state index is -1.08. The standard InChI is InChI=1S/2C11H12INO4.H2O/c2*1-6(14)13-9(11(16)17)5-7-2-3-10(15)8(12)4-7;/h2*2-4,9,15H,5H2,1H3,(H,13,14)(H,16,17);1H2/t2*9-;/m00./s1. The van der Waals surface area contributed by atoms with Crippen LogP contribution in [0.2, 0.25) is 0 Å². The second-order valence-electron chi connectivity index (χ2n) is 7.16. The topological polar surface area (TPSA) is 205 Å². The molecule has 13 heteroatoms. The van der Waals surface area contributed by atoms with E-state index in [0.717, 1.165) is 11.1 Å². The Balaban J connectivity index is 0.000000642. The highest BCUT2D eigenvalue weighted by Crippen LogP contribution is 2.22. The van der Waals surface area contributed by atoms with Crippen molar-refractivity contribution in [2.24, 2.45) is 0 Å². The minimum absolute atomic E-state index is 0. The summed E-state index contributed by atoms with van der Waals surface area (Å²) in [4.78, 5) is 43.6. The number of hydrogen-bond acceptors (Lipinski definition) is 6. The van der Waals surface area contributed by atoms with E-state index in [2.05, 4.69) is 10.6 Å². The van der Waals surface area contributed by atoms with E-state index in [9.17, 15) is 29.4 Å². The number of phenols is 2. The predicted molar refractivity (Wildman–Crippen MR) is 143 cm³/mol. The number of amides is 2. The Labute approximate surface area is 228 Å². The molecule has 35 heavy (non-hydrogen) atoms. The van der Waals surface area contributed by atoms with Gasteiger partial charge in [0.25, 0.3) is 0 Å². The van der Waals surface area contributed by atoms with Crippen LogP contribution >= 0.6 is 45.2 Å². The highest BCUT2D eigenvalue weighted by molar-refractivity contribution is 14.1. The number of carbonyl (C=O) groups excluding carboxylic acids is 2. The van der Waals surface area contributed by atoms with Gasteiger partial charge in [0.05, 0.1) is 7.14 Å². The number of rotatable bonds is 8. The van der Waals surface area contributed by atoms with Gasteiger partial charge >= 0.3 is 11.9 Å². The number of aliphatic carboxylic acids is 2. The van der Waals surface area contributed by atoms with Crippen LogP contribution in [0.1, 0.15) is 25.0 Å². The van der Waals surface area contributed by atoms with Crippen molar-refractivity contribution in [3.63, 3.8) is 0 Å². The number of carboxylic acids is 2. The minimum Gasteiger partial charge on any atom is -0.507 e. The molecule has 0 bridgehead atoms. The SMILES string of the molecule is CC(=O)N[C@@H](Cc1ccc(O)c(I)c1)C(=O)O.CC(=O)N[C@@H](Cc1ccc(O)c(I)c1)C(=O)O.O. The summed E-state index contributed by atoms with van der Waals surface area (Å²) in [5.41, 5.74) is 1.49. The zero-order chi connectivity index (χ0) is 26.0. The zero-order valence-electron chi connectivity index (χ0n) is 18.7. The summed E-state index contributed by atoms with van der Waals surface area (Å²) >= 11 is 3.91. The predicted octanol–water partition coefficient (Wildman–Crippen LogP) is 1.43. The average Bonchev–Trinajstić information content (AvgIpc) is 2.72. The molecule has 0 aliphatic rings. The number of nitrogens with one attached hydrogen (secondary N) is 2. The fourth-order valence-corrected chi connectivity index (χ4v) is 3.88. The van der Waals surface area contributed by atoms with E-state index in [-0.39, 0.29) is 41.6 Å². The molecule has 0 radical (unpaired) electrons. The van der Waals surface area contributed by atoms with E-state index < -0.39 is 24.0 Å². The first kappa shape index (κ1) is 32.3. The van der Waals surface area contributed by atoms with E-state index in [4.69, 9.17) is 10.2 Å². The van der Waals surface area contributed by atoms with Crippen molar-refractivity contribution in [2.45, 2.75) is 38.8 Å². The summed E-state index contributed by atoms with van der Waals surface area (Å²) in [6.07, 6.45) is 0.371. The number of aromatic hydroxyl groups is 2. The Bertz CT molecular complexity index is 980. The fraction of sp³-hybridized carbons (Fsp3) is 0.273. The maximum Gasteiger partial charge on any atom is 0.326 e. The molecule has 0 aromatic heterocycles. The summed E-state index contributed by atoms with van der Waals surface area (Å²) in [6, 6.07) is 7.75. The van der Waals surface area contributed by atoms with Crippen LogP contribution < -0.4 is 10.6 Å². The maximum absolute atomic E-state index is 10.9. The second-order valence-corrected chi connectivity index (χ2v) is 9.49. The Kier molecular flexibility index (Phi) is 14.2. The van der Waals surface area contributed by atoms with Crippen molar-refractivity contribution in [3.05, 3.63) is 54.7 Å².